The first kappa shape index (κ1) is 22.4. The fourth-order valence-electron chi connectivity index (χ4n) is 1.22. The van der Waals surface area contributed by atoms with Crippen LogP contribution in [0.2, 0.25) is 0 Å². The molecule has 0 atom stereocenters. The normalized spacial score (nSPS) is 14.3. The zero-order valence-corrected chi connectivity index (χ0v) is 18.2. The predicted molar refractivity (Wildman–Crippen MR) is 95.8 cm³/mol. The summed E-state index contributed by atoms with van der Waals surface area (Å²) in [5, 5.41) is 0. The van der Waals surface area contributed by atoms with Gasteiger partial charge >= 0.3 is 15.1 Å². The molecule has 3 nitrogen and oxygen atoms in total. The van der Waals surface area contributed by atoms with Crippen LogP contribution in [0.4, 0.5) is 0 Å². The molecular weight excluding hydrogens is 291 g/mol. The summed E-state index contributed by atoms with van der Waals surface area (Å²) in [5.74, 6) is 1.21. The van der Waals surface area contributed by atoms with Crippen molar-refractivity contribution in [2.45, 2.75) is 99.9 Å². The Balaban J connectivity index is 5.25. The topological polar surface area (TPSA) is 27.7 Å². The van der Waals surface area contributed by atoms with Gasteiger partial charge in [0.15, 0.2) is 0 Å². The molecule has 0 unspecified atom stereocenters. The molecule has 132 valence electrons. The Morgan fingerprint density at radius 1 is 0.500 bits per heavy atom. The summed E-state index contributed by atoms with van der Waals surface area (Å²) >= 11 is -2.28. The molecule has 0 saturated heterocycles. The van der Waals surface area contributed by atoms with Crippen LogP contribution in [0.5, 0.6) is 0 Å². The van der Waals surface area contributed by atoms with E-state index in [1.165, 1.54) is 0 Å². The molecule has 0 spiro atoms. The SMILES string of the molecule is CC(C)C(C)(C)[O][Al]([O]C(C)(C)C(C)C)[O]C(C)(C)C(C)C. The van der Waals surface area contributed by atoms with Crippen LogP contribution < -0.4 is 0 Å². The molecule has 0 bridgehead atoms. The Morgan fingerprint density at radius 3 is 0.818 bits per heavy atom. The maximum atomic E-state index is 6.37. The van der Waals surface area contributed by atoms with E-state index in [-0.39, 0.29) is 16.8 Å². The summed E-state index contributed by atoms with van der Waals surface area (Å²) in [6, 6.07) is 0. The average Bonchev–Trinajstić information content (AvgIpc) is 2.25. The van der Waals surface area contributed by atoms with Crippen molar-refractivity contribution in [3.8, 4) is 0 Å². The van der Waals surface area contributed by atoms with Gasteiger partial charge in [0.05, 0.1) is 0 Å². The van der Waals surface area contributed by atoms with Crippen molar-refractivity contribution in [3.63, 3.8) is 0 Å². The van der Waals surface area contributed by atoms with E-state index in [4.69, 9.17) is 11.4 Å². The fraction of sp³-hybridized carbons (Fsp3) is 1.00. The Labute approximate surface area is 144 Å². The van der Waals surface area contributed by atoms with Gasteiger partial charge in [0.25, 0.3) is 0 Å². The second kappa shape index (κ2) is 7.99. The van der Waals surface area contributed by atoms with Gasteiger partial charge in [-0.3, -0.25) is 0 Å². The first-order valence-electron chi connectivity index (χ1n) is 8.65. The van der Waals surface area contributed by atoms with Crippen molar-refractivity contribution in [1.29, 1.82) is 0 Å². The molecule has 0 aliphatic rings. The first-order valence-corrected chi connectivity index (χ1v) is 10.1. The maximum absolute atomic E-state index is 6.37. The van der Waals surface area contributed by atoms with Crippen molar-refractivity contribution in [2.75, 3.05) is 0 Å². The fourth-order valence-corrected chi connectivity index (χ4v) is 3.67. The summed E-state index contributed by atoms with van der Waals surface area (Å²) in [6.07, 6.45) is 0. The Hall–Kier alpha value is 0.412. The molecular formula is C18H39AlO3. The van der Waals surface area contributed by atoms with E-state index < -0.39 is 15.1 Å². The molecule has 0 N–H and O–H groups in total. The number of hydrogen-bond donors (Lipinski definition) is 0. The molecule has 22 heavy (non-hydrogen) atoms. The molecule has 0 saturated carbocycles. The highest BCUT2D eigenvalue weighted by Crippen LogP contribution is 2.30. The Morgan fingerprint density at radius 2 is 0.682 bits per heavy atom. The van der Waals surface area contributed by atoms with Crippen molar-refractivity contribution in [1.82, 2.24) is 0 Å². The van der Waals surface area contributed by atoms with Crippen LogP contribution in [0.3, 0.4) is 0 Å². The van der Waals surface area contributed by atoms with E-state index in [2.05, 4.69) is 83.1 Å². The Bertz CT molecular complexity index is 281. The maximum Gasteiger partial charge on any atom is 0.906 e. The molecule has 0 rings (SSSR count). The van der Waals surface area contributed by atoms with E-state index in [1.54, 1.807) is 0 Å². The van der Waals surface area contributed by atoms with E-state index in [0.717, 1.165) is 0 Å². The summed E-state index contributed by atoms with van der Waals surface area (Å²) < 4.78 is 19.1. The smallest absolute Gasteiger partial charge is 0.449 e. The van der Waals surface area contributed by atoms with Gasteiger partial charge in [-0.25, -0.2) is 0 Å². The molecule has 0 heterocycles. The highest BCUT2D eigenvalue weighted by atomic mass is 27.3. The average molecular weight is 330 g/mol. The van der Waals surface area contributed by atoms with Gasteiger partial charge in [-0.2, -0.15) is 0 Å². The monoisotopic (exact) mass is 330 g/mol. The van der Waals surface area contributed by atoms with E-state index >= 15 is 0 Å². The molecule has 0 radical (unpaired) electrons. The second-order valence-electron chi connectivity index (χ2n) is 8.92. The van der Waals surface area contributed by atoms with E-state index in [1.807, 2.05) is 0 Å². The summed E-state index contributed by atoms with van der Waals surface area (Å²) in [7, 11) is 0. The lowest BCUT2D eigenvalue weighted by atomic mass is 9.95. The molecule has 0 aliphatic heterocycles. The molecule has 0 amide bonds. The lowest BCUT2D eigenvalue weighted by Crippen LogP contribution is -2.50. The highest BCUT2D eigenvalue weighted by Gasteiger charge is 2.47. The van der Waals surface area contributed by atoms with Crippen molar-refractivity contribution in [3.05, 3.63) is 0 Å². The van der Waals surface area contributed by atoms with Crippen LogP contribution in [-0.2, 0) is 11.4 Å². The third-order valence-corrected chi connectivity index (χ3v) is 7.77. The lowest BCUT2D eigenvalue weighted by Gasteiger charge is -2.41. The standard InChI is InChI=1S/3C6H13O.Al/c3*1-5(2)6(3,4)7;/h3*5H,1-4H3;/q3*-1;+3. The van der Waals surface area contributed by atoms with Crippen LogP contribution in [0, 0.1) is 17.8 Å². The van der Waals surface area contributed by atoms with Gasteiger partial charge in [-0.15, -0.1) is 0 Å². The van der Waals surface area contributed by atoms with E-state index in [9.17, 15) is 0 Å². The minimum Gasteiger partial charge on any atom is -0.449 e. The number of hydrogen-bond acceptors (Lipinski definition) is 3. The van der Waals surface area contributed by atoms with Gasteiger partial charge in [0, 0.05) is 16.8 Å². The molecule has 4 heteroatoms. The first-order chi connectivity index (χ1) is 9.62. The summed E-state index contributed by atoms with van der Waals surface area (Å²) in [4.78, 5) is 0. The zero-order valence-electron chi connectivity index (χ0n) is 17.0. The van der Waals surface area contributed by atoms with Gasteiger partial charge in [-0.05, 0) is 59.3 Å². The van der Waals surface area contributed by atoms with Crippen molar-refractivity contribution < 1.29 is 11.4 Å². The molecule has 0 aromatic heterocycles. The van der Waals surface area contributed by atoms with Crippen LogP contribution in [0.1, 0.15) is 83.1 Å². The minimum atomic E-state index is -2.28. The summed E-state index contributed by atoms with van der Waals surface area (Å²) in [6.45, 7) is 25.8. The molecule has 0 fully saturated rings. The van der Waals surface area contributed by atoms with Gasteiger partial charge in [-0.1, -0.05) is 41.5 Å². The third-order valence-electron chi connectivity index (χ3n) is 5.37. The van der Waals surface area contributed by atoms with Crippen LogP contribution in [-0.4, -0.2) is 32.0 Å². The Kier molecular flexibility index (Phi) is 8.14. The van der Waals surface area contributed by atoms with Gasteiger partial charge in [0.1, 0.15) is 0 Å². The lowest BCUT2D eigenvalue weighted by molar-refractivity contribution is -0.0958. The third kappa shape index (κ3) is 6.89. The predicted octanol–water partition coefficient (Wildman–Crippen LogP) is 5.32. The van der Waals surface area contributed by atoms with Crippen molar-refractivity contribution >= 4 is 15.1 Å². The highest BCUT2D eigenvalue weighted by molar-refractivity contribution is 6.36. The van der Waals surface area contributed by atoms with Crippen LogP contribution >= 0.6 is 0 Å². The largest absolute Gasteiger partial charge is 0.906 e. The zero-order chi connectivity index (χ0) is 17.9. The van der Waals surface area contributed by atoms with Crippen LogP contribution in [0.15, 0.2) is 0 Å². The van der Waals surface area contributed by atoms with Crippen LogP contribution in [0.25, 0.3) is 0 Å². The number of rotatable bonds is 9. The van der Waals surface area contributed by atoms with Crippen molar-refractivity contribution in [2.24, 2.45) is 17.8 Å². The van der Waals surface area contributed by atoms with E-state index in [0.29, 0.717) is 17.8 Å². The van der Waals surface area contributed by atoms with Gasteiger partial charge < -0.3 is 11.4 Å². The minimum absolute atomic E-state index is 0.253. The quantitative estimate of drug-likeness (QED) is 0.535. The van der Waals surface area contributed by atoms with Gasteiger partial charge in [0.2, 0.25) is 0 Å². The molecule has 0 aliphatic carbocycles. The molecule has 0 aromatic rings. The second-order valence-corrected chi connectivity index (χ2v) is 10.2. The summed E-state index contributed by atoms with van der Waals surface area (Å²) in [5.41, 5.74) is -0.759. The molecule has 0 aromatic carbocycles.